The maximum Gasteiger partial charge on any atom is 0.162 e. The summed E-state index contributed by atoms with van der Waals surface area (Å²) in [7, 11) is 0. The quantitative estimate of drug-likeness (QED) is 0.684. The topological polar surface area (TPSA) is 17.1 Å². The normalized spacial score (nSPS) is 10.8. The van der Waals surface area contributed by atoms with Crippen LogP contribution in [0.1, 0.15) is 49.0 Å². The number of aryl methyl sites for hydroxylation is 1. The first kappa shape index (κ1) is 12.9. The number of hydrogen-bond donors (Lipinski definition) is 0. The SMILES string of the molecule is Cc1cc(C(=O)CCCC(C)C)ccc1F. The van der Waals surface area contributed by atoms with E-state index in [1.54, 1.807) is 19.1 Å². The Labute approximate surface area is 96.7 Å². The zero-order valence-electron chi connectivity index (χ0n) is 10.2. The van der Waals surface area contributed by atoms with Crippen molar-refractivity contribution in [2.45, 2.75) is 40.0 Å². The van der Waals surface area contributed by atoms with Crippen LogP contribution in [0, 0.1) is 18.7 Å². The lowest BCUT2D eigenvalue weighted by atomic mass is 10.0. The average Bonchev–Trinajstić information content (AvgIpc) is 2.21. The fourth-order valence-corrected chi connectivity index (χ4v) is 1.63. The van der Waals surface area contributed by atoms with Gasteiger partial charge in [-0.15, -0.1) is 0 Å². The Morgan fingerprint density at radius 2 is 2.06 bits per heavy atom. The molecule has 1 nitrogen and oxygen atoms in total. The zero-order chi connectivity index (χ0) is 12.1. The Balaban J connectivity index is 2.56. The van der Waals surface area contributed by atoms with Crippen LogP contribution in [0.3, 0.4) is 0 Å². The van der Waals surface area contributed by atoms with Crippen LogP contribution in [-0.2, 0) is 0 Å². The van der Waals surface area contributed by atoms with E-state index in [-0.39, 0.29) is 11.6 Å². The van der Waals surface area contributed by atoms with Crippen molar-refractivity contribution >= 4 is 5.78 Å². The fourth-order valence-electron chi connectivity index (χ4n) is 1.63. The summed E-state index contributed by atoms with van der Waals surface area (Å²) in [6.07, 6.45) is 2.53. The molecule has 0 fully saturated rings. The molecule has 16 heavy (non-hydrogen) atoms. The second kappa shape index (κ2) is 5.78. The Hall–Kier alpha value is -1.18. The van der Waals surface area contributed by atoms with E-state index in [1.165, 1.54) is 6.07 Å². The smallest absolute Gasteiger partial charge is 0.162 e. The highest BCUT2D eigenvalue weighted by Gasteiger charge is 2.08. The van der Waals surface area contributed by atoms with E-state index in [4.69, 9.17) is 0 Å². The van der Waals surface area contributed by atoms with Crippen LogP contribution in [0.4, 0.5) is 4.39 Å². The lowest BCUT2D eigenvalue weighted by Crippen LogP contribution is -2.01. The molecule has 0 bridgehead atoms. The number of carbonyl (C=O) groups excluding carboxylic acids is 1. The van der Waals surface area contributed by atoms with E-state index in [0.29, 0.717) is 23.5 Å². The van der Waals surface area contributed by atoms with Crippen LogP contribution in [0.25, 0.3) is 0 Å². The molecule has 1 aromatic carbocycles. The van der Waals surface area contributed by atoms with Gasteiger partial charge in [0.1, 0.15) is 5.82 Å². The van der Waals surface area contributed by atoms with Gasteiger partial charge in [0.2, 0.25) is 0 Å². The first-order valence-electron chi connectivity index (χ1n) is 5.80. The van der Waals surface area contributed by atoms with Crippen molar-refractivity contribution in [1.82, 2.24) is 0 Å². The first-order chi connectivity index (χ1) is 7.50. The maximum atomic E-state index is 13.0. The van der Waals surface area contributed by atoms with Gasteiger partial charge in [-0.2, -0.15) is 0 Å². The first-order valence-corrected chi connectivity index (χ1v) is 5.80. The van der Waals surface area contributed by atoms with Crippen LogP contribution in [0.5, 0.6) is 0 Å². The number of Topliss-reactive ketones (excluding diaryl/α,β-unsaturated/α-hetero) is 1. The van der Waals surface area contributed by atoms with E-state index in [1.807, 2.05) is 0 Å². The van der Waals surface area contributed by atoms with Gasteiger partial charge in [-0.1, -0.05) is 20.3 Å². The average molecular weight is 222 g/mol. The Kier molecular flexibility index (Phi) is 4.66. The summed E-state index contributed by atoms with van der Waals surface area (Å²) in [6.45, 7) is 5.97. The van der Waals surface area contributed by atoms with Crippen LogP contribution >= 0.6 is 0 Å². The minimum absolute atomic E-state index is 0.115. The molecule has 0 amide bonds. The number of hydrogen-bond acceptors (Lipinski definition) is 1. The van der Waals surface area contributed by atoms with Crippen molar-refractivity contribution in [2.75, 3.05) is 0 Å². The van der Waals surface area contributed by atoms with Crippen LogP contribution in [-0.4, -0.2) is 5.78 Å². The molecule has 0 heterocycles. The summed E-state index contributed by atoms with van der Waals surface area (Å²) < 4.78 is 13.0. The van der Waals surface area contributed by atoms with Gasteiger partial charge in [0.15, 0.2) is 5.78 Å². The summed E-state index contributed by atoms with van der Waals surface area (Å²) in [4.78, 5) is 11.8. The second-order valence-corrected chi connectivity index (χ2v) is 4.67. The Bertz CT molecular complexity index is 369. The summed E-state index contributed by atoms with van der Waals surface area (Å²) in [6, 6.07) is 4.57. The lowest BCUT2D eigenvalue weighted by Gasteiger charge is -2.05. The third-order valence-electron chi connectivity index (χ3n) is 2.67. The fraction of sp³-hybridized carbons (Fsp3) is 0.500. The summed E-state index contributed by atoms with van der Waals surface area (Å²) >= 11 is 0. The third kappa shape index (κ3) is 3.76. The van der Waals surface area contributed by atoms with Gasteiger partial charge in [0, 0.05) is 12.0 Å². The van der Waals surface area contributed by atoms with Crippen molar-refractivity contribution in [3.63, 3.8) is 0 Å². The molecule has 0 radical (unpaired) electrons. The van der Waals surface area contributed by atoms with Crippen LogP contribution in [0.15, 0.2) is 18.2 Å². The predicted molar refractivity (Wildman–Crippen MR) is 64.2 cm³/mol. The van der Waals surface area contributed by atoms with E-state index in [9.17, 15) is 9.18 Å². The molecular weight excluding hydrogens is 203 g/mol. The predicted octanol–water partition coefficient (Wildman–Crippen LogP) is 4.14. The molecule has 0 aliphatic heterocycles. The summed E-state index contributed by atoms with van der Waals surface area (Å²) in [5, 5.41) is 0. The van der Waals surface area contributed by atoms with Gasteiger partial charge in [-0.05, 0) is 43.0 Å². The zero-order valence-corrected chi connectivity index (χ0v) is 10.2. The molecule has 1 rings (SSSR count). The Morgan fingerprint density at radius 1 is 1.38 bits per heavy atom. The van der Waals surface area contributed by atoms with Gasteiger partial charge >= 0.3 is 0 Å². The minimum Gasteiger partial charge on any atom is -0.294 e. The molecule has 0 saturated carbocycles. The molecule has 0 unspecified atom stereocenters. The summed E-state index contributed by atoms with van der Waals surface area (Å²) in [5.74, 6) is 0.491. The second-order valence-electron chi connectivity index (χ2n) is 4.67. The number of benzene rings is 1. The summed E-state index contributed by atoms with van der Waals surface area (Å²) in [5.41, 5.74) is 1.16. The monoisotopic (exact) mass is 222 g/mol. The van der Waals surface area contributed by atoms with Crippen molar-refractivity contribution in [1.29, 1.82) is 0 Å². The third-order valence-corrected chi connectivity index (χ3v) is 2.67. The molecule has 0 spiro atoms. The highest BCUT2D eigenvalue weighted by molar-refractivity contribution is 5.96. The maximum absolute atomic E-state index is 13.0. The molecular formula is C14H19FO. The molecule has 88 valence electrons. The number of ketones is 1. The number of rotatable bonds is 5. The molecule has 0 N–H and O–H groups in total. The number of carbonyl (C=O) groups is 1. The van der Waals surface area contributed by atoms with Crippen molar-refractivity contribution in [3.05, 3.63) is 35.1 Å². The van der Waals surface area contributed by atoms with Crippen LogP contribution < -0.4 is 0 Å². The Morgan fingerprint density at radius 3 is 2.62 bits per heavy atom. The highest BCUT2D eigenvalue weighted by atomic mass is 19.1. The highest BCUT2D eigenvalue weighted by Crippen LogP contribution is 2.14. The minimum atomic E-state index is -0.251. The standard InChI is InChI=1S/C14H19FO/c1-10(2)5-4-6-14(16)12-7-8-13(15)11(3)9-12/h7-10H,4-6H2,1-3H3. The van der Waals surface area contributed by atoms with E-state index >= 15 is 0 Å². The molecule has 2 heteroatoms. The van der Waals surface area contributed by atoms with E-state index in [2.05, 4.69) is 13.8 Å². The van der Waals surface area contributed by atoms with Gasteiger partial charge in [-0.25, -0.2) is 4.39 Å². The van der Waals surface area contributed by atoms with Crippen molar-refractivity contribution in [2.24, 2.45) is 5.92 Å². The van der Waals surface area contributed by atoms with E-state index < -0.39 is 0 Å². The van der Waals surface area contributed by atoms with Crippen molar-refractivity contribution < 1.29 is 9.18 Å². The van der Waals surface area contributed by atoms with Crippen LogP contribution in [0.2, 0.25) is 0 Å². The molecule has 1 aromatic rings. The van der Waals surface area contributed by atoms with Gasteiger partial charge in [0.05, 0.1) is 0 Å². The molecule has 0 saturated heterocycles. The largest absolute Gasteiger partial charge is 0.294 e. The van der Waals surface area contributed by atoms with Gasteiger partial charge in [-0.3, -0.25) is 4.79 Å². The molecule has 0 aliphatic carbocycles. The molecule has 0 aliphatic rings. The molecule has 0 atom stereocenters. The lowest BCUT2D eigenvalue weighted by molar-refractivity contribution is 0.0978. The van der Waals surface area contributed by atoms with Gasteiger partial charge in [0.25, 0.3) is 0 Å². The van der Waals surface area contributed by atoms with Gasteiger partial charge < -0.3 is 0 Å². The van der Waals surface area contributed by atoms with E-state index in [0.717, 1.165) is 12.8 Å². The molecule has 0 aromatic heterocycles. The van der Waals surface area contributed by atoms with Crippen molar-refractivity contribution in [3.8, 4) is 0 Å². The number of halogens is 1.